The summed E-state index contributed by atoms with van der Waals surface area (Å²) in [6.07, 6.45) is 3.85. The van der Waals surface area contributed by atoms with Crippen molar-refractivity contribution in [1.82, 2.24) is 10.2 Å². The van der Waals surface area contributed by atoms with Gasteiger partial charge in [0.05, 0.1) is 12.7 Å². The molecule has 20 heavy (non-hydrogen) atoms. The van der Waals surface area contributed by atoms with Gasteiger partial charge in [0, 0.05) is 23.7 Å². The highest BCUT2D eigenvalue weighted by Gasteiger charge is 2.35. The Morgan fingerprint density at radius 2 is 2.40 bits per heavy atom. The van der Waals surface area contributed by atoms with Gasteiger partial charge in [0.25, 0.3) is 0 Å². The number of nitrogens with zero attached hydrogens (tertiary/aromatic N) is 1. The summed E-state index contributed by atoms with van der Waals surface area (Å²) in [5, 5.41) is 4.23. The Balaban J connectivity index is 1.64. The summed E-state index contributed by atoms with van der Waals surface area (Å²) in [5.41, 5.74) is 1.27. The molecule has 3 atom stereocenters. The Bertz CT molecular complexity index is 454. The molecule has 2 saturated heterocycles. The fraction of sp³-hybridized carbons (Fsp3) is 0.625. The number of rotatable bonds is 4. The summed E-state index contributed by atoms with van der Waals surface area (Å²) < 4.78 is 6.11. The second kappa shape index (κ2) is 6.44. The second-order valence-electron chi connectivity index (χ2n) is 5.89. The van der Waals surface area contributed by atoms with E-state index in [0.717, 1.165) is 24.6 Å². The lowest BCUT2D eigenvalue weighted by atomic mass is 9.99. The minimum atomic E-state index is 0.272. The van der Waals surface area contributed by atoms with Crippen molar-refractivity contribution in [2.45, 2.75) is 37.5 Å². The first kappa shape index (κ1) is 14.3. The molecule has 0 amide bonds. The highest BCUT2D eigenvalue weighted by molar-refractivity contribution is 6.30. The van der Waals surface area contributed by atoms with Crippen LogP contribution in [0.25, 0.3) is 0 Å². The molecule has 1 aromatic carbocycles. The van der Waals surface area contributed by atoms with Crippen LogP contribution in [-0.2, 0) is 11.2 Å². The van der Waals surface area contributed by atoms with Crippen molar-refractivity contribution < 1.29 is 4.74 Å². The number of morpholine rings is 1. The van der Waals surface area contributed by atoms with Gasteiger partial charge in [-0.05, 0) is 50.6 Å². The van der Waals surface area contributed by atoms with Crippen LogP contribution in [0.4, 0.5) is 0 Å². The molecule has 0 saturated carbocycles. The van der Waals surface area contributed by atoms with Gasteiger partial charge in [0.2, 0.25) is 0 Å². The van der Waals surface area contributed by atoms with Crippen LogP contribution < -0.4 is 5.32 Å². The van der Waals surface area contributed by atoms with Crippen LogP contribution >= 0.6 is 11.6 Å². The molecule has 3 rings (SSSR count). The van der Waals surface area contributed by atoms with E-state index in [0.29, 0.717) is 12.1 Å². The monoisotopic (exact) mass is 294 g/mol. The summed E-state index contributed by atoms with van der Waals surface area (Å²) in [7, 11) is 2.02. The van der Waals surface area contributed by atoms with Crippen LogP contribution in [0.3, 0.4) is 0 Å². The summed E-state index contributed by atoms with van der Waals surface area (Å²) in [4.78, 5) is 2.59. The average Bonchev–Trinajstić information content (AvgIpc) is 2.92. The Morgan fingerprint density at radius 1 is 1.50 bits per heavy atom. The predicted octanol–water partition coefficient (Wildman–Crippen LogP) is 2.33. The Morgan fingerprint density at radius 3 is 3.20 bits per heavy atom. The molecule has 1 aromatic rings. The quantitative estimate of drug-likeness (QED) is 0.922. The lowest BCUT2D eigenvalue weighted by Gasteiger charge is -2.39. The van der Waals surface area contributed by atoms with Gasteiger partial charge in [-0.15, -0.1) is 0 Å². The number of nitrogens with one attached hydrogen (secondary N) is 1. The van der Waals surface area contributed by atoms with Crippen LogP contribution in [0.2, 0.25) is 5.02 Å². The normalized spacial score (nSPS) is 28.3. The van der Waals surface area contributed by atoms with E-state index in [1.54, 1.807) is 0 Å². The molecule has 3 unspecified atom stereocenters. The molecule has 0 aromatic heterocycles. The molecule has 0 bridgehead atoms. The van der Waals surface area contributed by atoms with Crippen LogP contribution in [-0.4, -0.2) is 49.8 Å². The first-order valence-corrected chi connectivity index (χ1v) is 7.91. The van der Waals surface area contributed by atoms with E-state index in [9.17, 15) is 0 Å². The van der Waals surface area contributed by atoms with Gasteiger partial charge in [-0.25, -0.2) is 0 Å². The highest BCUT2D eigenvalue weighted by Crippen LogP contribution is 2.24. The molecule has 0 aliphatic carbocycles. The third kappa shape index (κ3) is 3.17. The number of ether oxygens (including phenoxy) is 1. The zero-order valence-corrected chi connectivity index (χ0v) is 12.8. The van der Waals surface area contributed by atoms with Crippen molar-refractivity contribution in [2.75, 3.05) is 26.7 Å². The fourth-order valence-corrected chi connectivity index (χ4v) is 3.64. The molecule has 2 aliphatic heterocycles. The van der Waals surface area contributed by atoms with Crippen molar-refractivity contribution in [3.8, 4) is 0 Å². The maximum absolute atomic E-state index is 6.11. The molecule has 3 nitrogen and oxygen atoms in total. The van der Waals surface area contributed by atoms with Crippen molar-refractivity contribution >= 4 is 11.6 Å². The summed E-state index contributed by atoms with van der Waals surface area (Å²) in [5.74, 6) is 0. The molecule has 1 N–H and O–H groups in total. The number of likely N-dealkylation sites (N-methyl/N-ethyl adjacent to an activating group) is 1. The summed E-state index contributed by atoms with van der Waals surface area (Å²) in [6.45, 7) is 3.17. The standard InChI is InChI=1S/C16H23ClN2O/c1-18-15(9-12-4-2-5-13(17)8-12)16-10-19-7-3-6-14(19)11-20-16/h2,4-5,8,14-16,18H,3,6-7,9-11H2,1H3. The van der Waals surface area contributed by atoms with Crippen molar-refractivity contribution in [3.63, 3.8) is 0 Å². The molecule has 2 aliphatic rings. The summed E-state index contributed by atoms with van der Waals surface area (Å²) >= 11 is 6.07. The zero-order valence-electron chi connectivity index (χ0n) is 12.0. The van der Waals surface area contributed by atoms with Crippen LogP contribution in [0, 0.1) is 0 Å². The molecule has 110 valence electrons. The molecular formula is C16H23ClN2O. The minimum Gasteiger partial charge on any atom is -0.374 e. The Kier molecular flexibility index (Phi) is 4.61. The lowest BCUT2D eigenvalue weighted by molar-refractivity contribution is -0.0634. The topological polar surface area (TPSA) is 24.5 Å². The third-order valence-corrected chi connectivity index (χ3v) is 4.82. The van der Waals surface area contributed by atoms with Crippen molar-refractivity contribution in [3.05, 3.63) is 34.9 Å². The van der Waals surface area contributed by atoms with Gasteiger partial charge in [0.1, 0.15) is 0 Å². The van der Waals surface area contributed by atoms with Crippen molar-refractivity contribution in [1.29, 1.82) is 0 Å². The molecule has 0 radical (unpaired) electrons. The average molecular weight is 295 g/mol. The first-order chi connectivity index (χ1) is 9.76. The number of hydrogen-bond acceptors (Lipinski definition) is 3. The van der Waals surface area contributed by atoms with E-state index >= 15 is 0 Å². The Labute approximate surface area is 126 Å². The fourth-order valence-electron chi connectivity index (χ4n) is 3.42. The second-order valence-corrected chi connectivity index (χ2v) is 6.33. The van der Waals surface area contributed by atoms with E-state index in [4.69, 9.17) is 16.3 Å². The van der Waals surface area contributed by atoms with Gasteiger partial charge >= 0.3 is 0 Å². The first-order valence-electron chi connectivity index (χ1n) is 7.53. The minimum absolute atomic E-state index is 0.272. The van der Waals surface area contributed by atoms with E-state index in [1.807, 2.05) is 25.2 Å². The predicted molar refractivity (Wildman–Crippen MR) is 82.3 cm³/mol. The maximum Gasteiger partial charge on any atom is 0.0858 e. The highest BCUT2D eigenvalue weighted by atomic mass is 35.5. The molecule has 4 heteroatoms. The van der Waals surface area contributed by atoms with Gasteiger partial charge in [-0.1, -0.05) is 23.7 Å². The largest absolute Gasteiger partial charge is 0.374 e. The van der Waals surface area contributed by atoms with Gasteiger partial charge < -0.3 is 10.1 Å². The van der Waals surface area contributed by atoms with E-state index in [2.05, 4.69) is 16.3 Å². The zero-order chi connectivity index (χ0) is 13.9. The molecule has 0 spiro atoms. The van der Waals surface area contributed by atoms with E-state index < -0.39 is 0 Å². The van der Waals surface area contributed by atoms with Gasteiger partial charge in [-0.3, -0.25) is 4.90 Å². The molecular weight excluding hydrogens is 272 g/mol. The van der Waals surface area contributed by atoms with Gasteiger partial charge in [-0.2, -0.15) is 0 Å². The lowest BCUT2D eigenvalue weighted by Crippen LogP contribution is -2.54. The van der Waals surface area contributed by atoms with Gasteiger partial charge in [0.15, 0.2) is 0 Å². The van der Waals surface area contributed by atoms with Crippen LogP contribution in [0.5, 0.6) is 0 Å². The number of benzene rings is 1. The van der Waals surface area contributed by atoms with E-state index in [1.165, 1.54) is 24.9 Å². The van der Waals surface area contributed by atoms with Crippen molar-refractivity contribution in [2.24, 2.45) is 0 Å². The third-order valence-electron chi connectivity index (χ3n) is 4.58. The Hall–Kier alpha value is -0.610. The SMILES string of the molecule is CNC(Cc1cccc(Cl)c1)C1CN2CCCC2CO1. The smallest absolute Gasteiger partial charge is 0.0858 e. The van der Waals surface area contributed by atoms with Crippen LogP contribution in [0.15, 0.2) is 24.3 Å². The number of hydrogen-bond donors (Lipinski definition) is 1. The molecule has 2 heterocycles. The molecule has 2 fully saturated rings. The maximum atomic E-state index is 6.11. The summed E-state index contributed by atoms with van der Waals surface area (Å²) in [6, 6.07) is 9.13. The van der Waals surface area contributed by atoms with Crippen LogP contribution in [0.1, 0.15) is 18.4 Å². The number of halogens is 1. The number of fused-ring (bicyclic) bond motifs is 1. The van der Waals surface area contributed by atoms with E-state index in [-0.39, 0.29) is 6.10 Å².